The first-order valence-corrected chi connectivity index (χ1v) is 12.1. The highest BCUT2D eigenvalue weighted by atomic mass is 16.5. The molecular weight excluding hydrogens is 356 g/mol. The predicted molar refractivity (Wildman–Crippen MR) is 124 cm³/mol. The first-order chi connectivity index (χ1) is 13.7. The van der Waals surface area contributed by atoms with Crippen molar-refractivity contribution in [2.24, 2.45) is 22.7 Å². The van der Waals surface area contributed by atoms with Gasteiger partial charge in [-0.15, -0.1) is 0 Å². The van der Waals surface area contributed by atoms with Crippen molar-refractivity contribution in [3.63, 3.8) is 0 Å². The number of ether oxygens (including phenoxy) is 1. The molecule has 0 bridgehead atoms. The third-order valence-electron chi connectivity index (χ3n) is 7.88. The maximum atomic E-state index is 12.4. The minimum Gasteiger partial charge on any atom is -0.485 e. The SMILES string of the molecule is CC.CC.CCc1c2c(cc3c1C(=O)CO3)CC1(C)CCC(C)C(C)(C)CC1C2. The third-order valence-corrected chi connectivity index (χ3v) is 7.88. The molecule has 1 aromatic carbocycles. The van der Waals surface area contributed by atoms with Gasteiger partial charge in [0.1, 0.15) is 5.75 Å². The molecule has 1 aromatic rings. The molecule has 164 valence electrons. The summed E-state index contributed by atoms with van der Waals surface area (Å²) in [6, 6.07) is 2.20. The van der Waals surface area contributed by atoms with Gasteiger partial charge in [-0.25, -0.2) is 0 Å². The molecule has 1 fully saturated rings. The van der Waals surface area contributed by atoms with E-state index in [1.165, 1.54) is 36.0 Å². The molecule has 29 heavy (non-hydrogen) atoms. The van der Waals surface area contributed by atoms with E-state index in [0.717, 1.165) is 42.4 Å². The van der Waals surface area contributed by atoms with E-state index in [-0.39, 0.29) is 12.4 Å². The van der Waals surface area contributed by atoms with Crippen molar-refractivity contribution in [1.82, 2.24) is 0 Å². The summed E-state index contributed by atoms with van der Waals surface area (Å²) in [5, 5.41) is 0. The monoisotopic (exact) mass is 400 g/mol. The van der Waals surface area contributed by atoms with Crippen LogP contribution in [0.4, 0.5) is 0 Å². The molecule has 3 atom stereocenters. The van der Waals surface area contributed by atoms with E-state index in [1.54, 1.807) is 0 Å². The van der Waals surface area contributed by atoms with Crippen LogP contribution in [0, 0.1) is 22.7 Å². The van der Waals surface area contributed by atoms with Gasteiger partial charge in [0.15, 0.2) is 6.61 Å². The number of carbonyl (C=O) groups excluding carboxylic acids is 1. The largest absolute Gasteiger partial charge is 0.485 e. The molecule has 4 rings (SSSR count). The zero-order valence-corrected chi connectivity index (χ0v) is 20.5. The number of hydrogen-bond donors (Lipinski definition) is 0. The summed E-state index contributed by atoms with van der Waals surface area (Å²) >= 11 is 0. The van der Waals surface area contributed by atoms with Crippen LogP contribution in [0.5, 0.6) is 5.75 Å². The van der Waals surface area contributed by atoms with Crippen LogP contribution in [0.25, 0.3) is 0 Å². The van der Waals surface area contributed by atoms with Crippen molar-refractivity contribution in [3.05, 3.63) is 28.3 Å². The molecule has 1 aliphatic heterocycles. The highest BCUT2D eigenvalue weighted by Gasteiger charge is 2.46. The van der Waals surface area contributed by atoms with E-state index < -0.39 is 0 Å². The van der Waals surface area contributed by atoms with Crippen LogP contribution in [0.1, 0.15) is 109 Å². The standard InChI is InChI=1S/C23H32O2.2C2H6/c1-6-17-18-10-16-12-22(3,4)14(2)7-8-23(16,5)11-15(18)9-20-21(17)19(24)13-25-20;2*1-2/h9,14,16H,6-8,10-13H2,1-5H3;2*1-2H3. The van der Waals surface area contributed by atoms with Gasteiger partial charge in [0.05, 0.1) is 5.56 Å². The molecule has 2 nitrogen and oxygen atoms in total. The summed E-state index contributed by atoms with van der Waals surface area (Å²) in [7, 11) is 0. The minimum atomic E-state index is 0.179. The lowest BCUT2D eigenvalue weighted by molar-refractivity contribution is 0.0960. The van der Waals surface area contributed by atoms with E-state index in [4.69, 9.17) is 4.74 Å². The van der Waals surface area contributed by atoms with Gasteiger partial charge in [-0.3, -0.25) is 4.79 Å². The fourth-order valence-electron chi connectivity index (χ4n) is 5.70. The van der Waals surface area contributed by atoms with Crippen molar-refractivity contribution in [3.8, 4) is 5.75 Å². The summed E-state index contributed by atoms with van der Waals surface area (Å²) < 4.78 is 5.71. The predicted octanol–water partition coefficient (Wildman–Crippen LogP) is 7.44. The molecule has 1 heterocycles. The molecule has 0 N–H and O–H groups in total. The topological polar surface area (TPSA) is 26.3 Å². The van der Waals surface area contributed by atoms with Crippen molar-refractivity contribution in [2.75, 3.05) is 6.61 Å². The lowest BCUT2D eigenvalue weighted by Gasteiger charge is -2.44. The smallest absolute Gasteiger partial charge is 0.204 e. The molecule has 2 heteroatoms. The average Bonchev–Trinajstić information content (AvgIpc) is 3.04. The second-order valence-corrected chi connectivity index (χ2v) is 9.80. The first-order valence-electron chi connectivity index (χ1n) is 12.1. The van der Waals surface area contributed by atoms with Crippen molar-refractivity contribution >= 4 is 5.78 Å². The Bertz CT molecular complexity index is 731. The fraction of sp³-hybridized carbons (Fsp3) is 0.741. The van der Waals surface area contributed by atoms with Crippen molar-refractivity contribution in [2.45, 2.75) is 101 Å². The molecular formula is C27H44O2. The lowest BCUT2D eigenvalue weighted by atomic mass is 9.60. The molecule has 1 saturated carbocycles. The molecule has 0 saturated heterocycles. The maximum Gasteiger partial charge on any atom is 0.204 e. The molecule has 3 unspecified atom stereocenters. The van der Waals surface area contributed by atoms with Gasteiger partial charge in [0.2, 0.25) is 5.78 Å². The summed E-state index contributed by atoms with van der Waals surface area (Å²) in [6.07, 6.45) is 7.17. The van der Waals surface area contributed by atoms with Gasteiger partial charge in [-0.05, 0) is 83.9 Å². The number of hydrogen-bond acceptors (Lipinski definition) is 2. The van der Waals surface area contributed by atoms with Gasteiger partial charge in [0, 0.05) is 0 Å². The molecule has 0 amide bonds. The van der Waals surface area contributed by atoms with Crippen molar-refractivity contribution < 1.29 is 9.53 Å². The van der Waals surface area contributed by atoms with E-state index in [1.807, 2.05) is 27.7 Å². The van der Waals surface area contributed by atoms with Crippen LogP contribution >= 0.6 is 0 Å². The van der Waals surface area contributed by atoms with E-state index >= 15 is 0 Å². The summed E-state index contributed by atoms with van der Waals surface area (Å²) in [5.41, 5.74) is 5.90. The highest BCUT2D eigenvalue weighted by Crippen LogP contribution is 2.55. The second kappa shape index (κ2) is 9.23. The quantitative estimate of drug-likeness (QED) is 0.489. The Morgan fingerprint density at radius 3 is 2.41 bits per heavy atom. The Labute approximate surface area is 179 Å². The Balaban J connectivity index is 0.000000707. The van der Waals surface area contributed by atoms with Gasteiger partial charge in [-0.1, -0.05) is 62.3 Å². The number of benzene rings is 1. The first kappa shape index (κ1) is 24.0. The molecule has 0 spiro atoms. The van der Waals surface area contributed by atoms with Crippen LogP contribution in [0.2, 0.25) is 0 Å². The normalized spacial score (nSPS) is 28.9. The Hall–Kier alpha value is -1.31. The zero-order valence-electron chi connectivity index (χ0n) is 20.5. The van der Waals surface area contributed by atoms with Crippen LogP contribution in [-0.2, 0) is 19.3 Å². The summed E-state index contributed by atoms with van der Waals surface area (Å²) in [4.78, 5) is 12.4. The average molecular weight is 401 g/mol. The van der Waals surface area contributed by atoms with E-state index in [0.29, 0.717) is 10.8 Å². The lowest BCUT2D eigenvalue weighted by Crippen LogP contribution is -2.37. The number of rotatable bonds is 1. The Kier molecular flexibility index (Phi) is 7.63. The van der Waals surface area contributed by atoms with Crippen LogP contribution in [-0.4, -0.2) is 12.4 Å². The minimum absolute atomic E-state index is 0.179. The fourth-order valence-corrected chi connectivity index (χ4v) is 5.70. The number of fused-ring (bicyclic) bond motifs is 3. The third kappa shape index (κ3) is 4.28. The van der Waals surface area contributed by atoms with Crippen LogP contribution in [0.15, 0.2) is 6.07 Å². The van der Waals surface area contributed by atoms with Gasteiger partial charge in [-0.2, -0.15) is 0 Å². The second-order valence-electron chi connectivity index (χ2n) is 9.80. The Morgan fingerprint density at radius 1 is 1.14 bits per heavy atom. The summed E-state index contributed by atoms with van der Waals surface area (Å²) in [5.74, 6) is 2.53. The van der Waals surface area contributed by atoms with Crippen LogP contribution in [0.3, 0.4) is 0 Å². The number of ketones is 1. The van der Waals surface area contributed by atoms with Crippen LogP contribution < -0.4 is 4.74 Å². The number of carbonyl (C=O) groups is 1. The Morgan fingerprint density at radius 2 is 1.79 bits per heavy atom. The maximum absolute atomic E-state index is 12.4. The van der Waals surface area contributed by atoms with E-state index in [9.17, 15) is 4.79 Å². The van der Waals surface area contributed by atoms with Gasteiger partial charge in [0.25, 0.3) is 0 Å². The molecule has 0 radical (unpaired) electrons. The van der Waals surface area contributed by atoms with Gasteiger partial charge < -0.3 is 4.74 Å². The molecule has 0 aromatic heterocycles. The highest BCUT2D eigenvalue weighted by molar-refractivity contribution is 6.04. The molecule has 2 aliphatic carbocycles. The molecule has 3 aliphatic rings. The van der Waals surface area contributed by atoms with Gasteiger partial charge >= 0.3 is 0 Å². The zero-order chi connectivity index (χ0) is 22.0. The summed E-state index contributed by atoms with van der Waals surface area (Å²) in [6.45, 7) is 20.3. The number of Topliss-reactive ketones (excluding diaryl/α,β-unsaturated/α-hetero) is 1. The van der Waals surface area contributed by atoms with E-state index in [2.05, 4.69) is 40.7 Å². The van der Waals surface area contributed by atoms with Crippen molar-refractivity contribution in [1.29, 1.82) is 0 Å².